The minimum atomic E-state index is -4.01. The second kappa shape index (κ2) is 7.42. The van der Waals surface area contributed by atoms with Crippen molar-refractivity contribution in [1.82, 2.24) is 8.96 Å². The molecule has 31 heavy (non-hydrogen) atoms. The highest BCUT2D eigenvalue weighted by molar-refractivity contribution is 7.90. The van der Waals surface area contributed by atoms with Crippen molar-refractivity contribution < 1.29 is 27.4 Å². The Morgan fingerprint density at radius 2 is 1.94 bits per heavy atom. The maximum absolute atomic E-state index is 13.6. The summed E-state index contributed by atoms with van der Waals surface area (Å²) in [7, 11) is -2.73. The zero-order valence-corrected chi connectivity index (χ0v) is 17.6. The molecule has 1 aromatic carbocycles. The van der Waals surface area contributed by atoms with Gasteiger partial charge in [-0.1, -0.05) is 0 Å². The molecule has 0 spiro atoms. The molecule has 2 aliphatic rings. The lowest BCUT2D eigenvalue weighted by Gasteiger charge is -2.20. The summed E-state index contributed by atoms with van der Waals surface area (Å²) < 4.78 is 44.5. The number of rotatable bonds is 5. The fraction of sp³-hybridized carbons (Fsp3) is 0.273. The number of nitrogens with zero attached hydrogens (tertiary/aromatic N) is 2. The van der Waals surface area contributed by atoms with E-state index in [1.54, 1.807) is 24.3 Å². The average molecular weight is 440 g/mol. The molecular formula is C22H20N2O6S. The fourth-order valence-corrected chi connectivity index (χ4v) is 5.19. The monoisotopic (exact) mass is 440 g/mol. The van der Waals surface area contributed by atoms with E-state index < -0.39 is 16.0 Å². The van der Waals surface area contributed by atoms with Crippen molar-refractivity contribution in [2.45, 2.75) is 23.7 Å². The Balaban J connectivity index is 1.78. The molecule has 0 saturated heterocycles. The van der Waals surface area contributed by atoms with Crippen LogP contribution < -0.4 is 9.47 Å². The molecule has 1 aliphatic carbocycles. The van der Waals surface area contributed by atoms with Crippen LogP contribution in [0.4, 0.5) is 0 Å². The third kappa shape index (κ3) is 3.34. The summed E-state index contributed by atoms with van der Waals surface area (Å²) >= 11 is 0. The van der Waals surface area contributed by atoms with Crippen molar-refractivity contribution in [1.29, 1.82) is 0 Å². The Labute approximate surface area is 179 Å². The van der Waals surface area contributed by atoms with Crippen molar-refractivity contribution in [3.8, 4) is 22.8 Å². The van der Waals surface area contributed by atoms with E-state index in [2.05, 4.69) is 4.98 Å². The van der Waals surface area contributed by atoms with Gasteiger partial charge in [0.1, 0.15) is 18.1 Å². The summed E-state index contributed by atoms with van der Waals surface area (Å²) in [6.07, 6.45) is 5.90. The van der Waals surface area contributed by atoms with Gasteiger partial charge in [0.2, 0.25) is 0 Å². The molecule has 5 rings (SSSR count). The molecule has 9 heteroatoms. The first kappa shape index (κ1) is 19.6. The molecule has 0 atom stereocenters. The van der Waals surface area contributed by atoms with Gasteiger partial charge in [0.25, 0.3) is 10.0 Å². The second-order valence-corrected chi connectivity index (χ2v) is 9.23. The average Bonchev–Trinajstić information content (AvgIpc) is 3.57. The quantitative estimate of drug-likeness (QED) is 0.562. The molecule has 8 nitrogen and oxygen atoms in total. The van der Waals surface area contributed by atoms with E-state index in [0.717, 1.165) is 16.8 Å². The lowest BCUT2D eigenvalue weighted by atomic mass is 10.0. The van der Waals surface area contributed by atoms with Crippen LogP contribution in [0.25, 0.3) is 11.3 Å². The summed E-state index contributed by atoms with van der Waals surface area (Å²) in [6, 6.07) is 8.33. The predicted octanol–water partition coefficient (Wildman–Crippen LogP) is 3.22. The van der Waals surface area contributed by atoms with E-state index in [1.807, 2.05) is 0 Å². The normalized spacial score (nSPS) is 15.5. The van der Waals surface area contributed by atoms with Gasteiger partial charge in [-0.3, -0.25) is 4.98 Å². The topological polar surface area (TPSA) is 96.7 Å². The number of fused-ring (bicyclic) bond motifs is 1. The third-order valence-electron chi connectivity index (χ3n) is 5.41. The highest BCUT2D eigenvalue weighted by Gasteiger charge is 2.37. The summed E-state index contributed by atoms with van der Waals surface area (Å²) in [4.78, 5) is 16.5. The zero-order valence-electron chi connectivity index (χ0n) is 16.8. The molecule has 0 radical (unpaired) electrons. The number of pyridine rings is 1. The van der Waals surface area contributed by atoms with Gasteiger partial charge < -0.3 is 14.2 Å². The van der Waals surface area contributed by atoms with Gasteiger partial charge in [0, 0.05) is 24.2 Å². The van der Waals surface area contributed by atoms with Crippen LogP contribution in [0.3, 0.4) is 0 Å². The van der Waals surface area contributed by atoms with E-state index in [4.69, 9.17) is 14.2 Å². The summed E-state index contributed by atoms with van der Waals surface area (Å²) in [6.45, 7) is 0.867. The summed E-state index contributed by atoms with van der Waals surface area (Å²) in [5, 5.41) is 0. The Kier molecular flexibility index (Phi) is 4.70. The van der Waals surface area contributed by atoms with E-state index in [-0.39, 0.29) is 16.4 Å². The number of carbonyl (C=O) groups excluding carboxylic acids is 1. The van der Waals surface area contributed by atoms with Crippen LogP contribution in [-0.2, 0) is 14.8 Å². The largest absolute Gasteiger partial charge is 0.486 e. The van der Waals surface area contributed by atoms with Gasteiger partial charge in [-0.2, -0.15) is 0 Å². The van der Waals surface area contributed by atoms with Crippen molar-refractivity contribution in [3.05, 3.63) is 60.0 Å². The van der Waals surface area contributed by atoms with Crippen LogP contribution in [0, 0.1) is 0 Å². The van der Waals surface area contributed by atoms with Crippen molar-refractivity contribution >= 4 is 16.0 Å². The molecule has 0 amide bonds. The number of esters is 1. The molecule has 0 unspecified atom stereocenters. The highest BCUT2D eigenvalue weighted by atomic mass is 32.2. The lowest BCUT2D eigenvalue weighted by Crippen LogP contribution is -2.16. The molecule has 1 aliphatic heterocycles. The number of carbonyl (C=O) groups is 1. The third-order valence-corrected chi connectivity index (χ3v) is 7.05. The van der Waals surface area contributed by atoms with Crippen molar-refractivity contribution in [3.63, 3.8) is 0 Å². The summed E-state index contributed by atoms with van der Waals surface area (Å²) in [5.74, 6) is 0.657. The highest BCUT2D eigenvalue weighted by Crippen LogP contribution is 2.49. The van der Waals surface area contributed by atoms with Crippen LogP contribution in [0.1, 0.15) is 34.7 Å². The number of benzene rings is 1. The van der Waals surface area contributed by atoms with Gasteiger partial charge >= 0.3 is 5.97 Å². The van der Waals surface area contributed by atoms with Gasteiger partial charge in [0.05, 0.1) is 18.4 Å². The standard InChI is InChI=1S/C22H20N2O6S/c1-28-22(25)17-13-24(31(26,27)16-3-2-8-23-12-16)21(20(17)14-4-5-14)15-6-7-18-19(11-15)30-10-9-29-18/h2-3,6-8,11-14H,4-5,9-10H2,1H3. The Hall–Kier alpha value is -3.33. The number of ether oxygens (including phenoxy) is 3. The molecule has 0 bridgehead atoms. The molecule has 1 saturated carbocycles. The second-order valence-electron chi connectivity index (χ2n) is 7.42. The van der Waals surface area contributed by atoms with Gasteiger partial charge in [-0.15, -0.1) is 0 Å². The molecule has 3 aromatic rings. The lowest BCUT2D eigenvalue weighted by molar-refractivity contribution is 0.0599. The minimum absolute atomic E-state index is 0.0301. The van der Waals surface area contributed by atoms with Crippen molar-refractivity contribution in [2.24, 2.45) is 0 Å². The van der Waals surface area contributed by atoms with Crippen LogP contribution >= 0.6 is 0 Å². The summed E-state index contributed by atoms with van der Waals surface area (Å²) in [5.41, 5.74) is 1.98. The van der Waals surface area contributed by atoms with Crippen LogP contribution in [0.2, 0.25) is 0 Å². The molecule has 3 heterocycles. The predicted molar refractivity (Wildman–Crippen MR) is 111 cm³/mol. The maximum Gasteiger partial charge on any atom is 0.339 e. The van der Waals surface area contributed by atoms with E-state index >= 15 is 0 Å². The van der Waals surface area contributed by atoms with Crippen molar-refractivity contribution in [2.75, 3.05) is 20.3 Å². The van der Waals surface area contributed by atoms with Crippen LogP contribution in [0.15, 0.2) is 53.8 Å². The van der Waals surface area contributed by atoms with Gasteiger partial charge in [-0.05, 0) is 54.7 Å². The van der Waals surface area contributed by atoms with E-state index in [9.17, 15) is 13.2 Å². The Bertz CT molecular complexity index is 1260. The Morgan fingerprint density at radius 1 is 1.16 bits per heavy atom. The first-order valence-corrected chi connectivity index (χ1v) is 11.3. The first-order chi connectivity index (χ1) is 15.0. The van der Waals surface area contributed by atoms with Crippen LogP contribution in [0.5, 0.6) is 11.5 Å². The van der Waals surface area contributed by atoms with Gasteiger partial charge in [0.15, 0.2) is 11.5 Å². The molecule has 160 valence electrons. The first-order valence-electron chi connectivity index (χ1n) is 9.90. The fourth-order valence-electron chi connectivity index (χ4n) is 3.83. The number of hydrogen-bond donors (Lipinski definition) is 0. The maximum atomic E-state index is 13.6. The molecular weight excluding hydrogens is 420 g/mol. The number of methoxy groups -OCH3 is 1. The van der Waals surface area contributed by atoms with E-state index in [0.29, 0.717) is 41.5 Å². The van der Waals surface area contributed by atoms with E-state index in [1.165, 1.54) is 31.8 Å². The zero-order chi connectivity index (χ0) is 21.6. The van der Waals surface area contributed by atoms with Crippen LogP contribution in [-0.4, -0.2) is 43.7 Å². The SMILES string of the molecule is COC(=O)c1cn(S(=O)(=O)c2cccnc2)c(-c2ccc3c(c2)OCCO3)c1C1CC1. The Morgan fingerprint density at radius 3 is 2.61 bits per heavy atom. The minimum Gasteiger partial charge on any atom is -0.486 e. The number of hydrogen-bond acceptors (Lipinski definition) is 7. The van der Waals surface area contributed by atoms with Gasteiger partial charge in [-0.25, -0.2) is 17.2 Å². The molecule has 2 aromatic heterocycles. The molecule has 0 N–H and O–H groups in total. The molecule has 1 fully saturated rings. The smallest absolute Gasteiger partial charge is 0.339 e. The number of aromatic nitrogens is 2.